The number of carbonyl (C=O) groups is 2. The van der Waals surface area contributed by atoms with E-state index < -0.39 is 0 Å². The number of likely N-dealkylation sites (tertiary alicyclic amines) is 1. The Kier molecular flexibility index (Phi) is 5.66. The molecule has 0 N–H and O–H groups in total. The van der Waals surface area contributed by atoms with Crippen molar-refractivity contribution in [1.82, 2.24) is 4.90 Å². The van der Waals surface area contributed by atoms with Crippen LogP contribution >= 0.6 is 0 Å². The highest BCUT2D eigenvalue weighted by Crippen LogP contribution is 2.38. The van der Waals surface area contributed by atoms with Gasteiger partial charge in [-0.05, 0) is 73.4 Å². The van der Waals surface area contributed by atoms with Crippen LogP contribution in [0.4, 0.5) is 0 Å². The fourth-order valence-corrected chi connectivity index (χ4v) is 5.09. The van der Waals surface area contributed by atoms with Crippen LogP contribution in [0, 0.1) is 0 Å². The normalized spacial score (nSPS) is 19.7. The largest absolute Gasteiger partial charge is 0.486 e. The van der Waals surface area contributed by atoms with E-state index in [0.717, 1.165) is 54.9 Å². The van der Waals surface area contributed by atoms with E-state index in [2.05, 4.69) is 12.1 Å². The highest BCUT2D eigenvalue weighted by Gasteiger charge is 2.31. The summed E-state index contributed by atoms with van der Waals surface area (Å²) >= 11 is 0. The molecule has 5 rings (SSSR count). The summed E-state index contributed by atoms with van der Waals surface area (Å²) in [5.41, 5.74) is 4.51. The smallest absolute Gasteiger partial charge is 0.223 e. The topological polar surface area (TPSA) is 55.8 Å². The SMILES string of the molecule is O=C(CCC(=O)N1CCCC1c1ccc2c(c1)OCCO2)c1ccc2c(c1)CCCC2. The zero-order valence-electron chi connectivity index (χ0n) is 17.9. The zero-order chi connectivity index (χ0) is 21.2. The second-order valence-corrected chi connectivity index (χ2v) is 8.76. The summed E-state index contributed by atoms with van der Waals surface area (Å²) in [5.74, 6) is 1.65. The van der Waals surface area contributed by atoms with Crippen molar-refractivity contribution in [2.24, 2.45) is 0 Å². The van der Waals surface area contributed by atoms with Crippen LogP contribution in [0.25, 0.3) is 0 Å². The molecule has 2 heterocycles. The maximum Gasteiger partial charge on any atom is 0.223 e. The fraction of sp³-hybridized carbons (Fsp3) is 0.462. The van der Waals surface area contributed by atoms with Gasteiger partial charge in [0.25, 0.3) is 0 Å². The molecule has 1 atom stereocenters. The van der Waals surface area contributed by atoms with Gasteiger partial charge in [0, 0.05) is 24.9 Å². The number of ketones is 1. The number of amides is 1. The molecule has 5 nitrogen and oxygen atoms in total. The van der Waals surface area contributed by atoms with Crippen molar-refractivity contribution in [2.75, 3.05) is 19.8 Å². The number of Topliss-reactive ketones (excluding diaryl/α,β-unsaturated/α-hetero) is 1. The summed E-state index contributed by atoms with van der Waals surface area (Å²) in [4.78, 5) is 27.7. The van der Waals surface area contributed by atoms with Gasteiger partial charge < -0.3 is 14.4 Å². The molecule has 162 valence electrons. The Morgan fingerprint density at radius 2 is 1.68 bits per heavy atom. The van der Waals surface area contributed by atoms with Gasteiger partial charge in [-0.2, -0.15) is 0 Å². The van der Waals surface area contributed by atoms with E-state index >= 15 is 0 Å². The van der Waals surface area contributed by atoms with Crippen LogP contribution in [-0.2, 0) is 17.6 Å². The predicted octanol–water partition coefficient (Wildman–Crippen LogP) is 4.66. The number of rotatable bonds is 5. The molecule has 1 unspecified atom stereocenters. The minimum atomic E-state index is 0.0437. The molecule has 0 bridgehead atoms. The van der Waals surface area contributed by atoms with Gasteiger partial charge >= 0.3 is 0 Å². The molecule has 0 spiro atoms. The summed E-state index contributed by atoms with van der Waals surface area (Å²) in [5, 5.41) is 0. The van der Waals surface area contributed by atoms with E-state index in [1.54, 1.807) is 0 Å². The lowest BCUT2D eigenvalue weighted by Gasteiger charge is -2.27. The van der Waals surface area contributed by atoms with Crippen molar-refractivity contribution in [3.05, 3.63) is 58.7 Å². The lowest BCUT2D eigenvalue weighted by Crippen LogP contribution is -2.31. The Morgan fingerprint density at radius 1 is 0.871 bits per heavy atom. The second kappa shape index (κ2) is 8.74. The van der Waals surface area contributed by atoms with Gasteiger partial charge in [-0.1, -0.05) is 18.2 Å². The maximum atomic E-state index is 13.0. The summed E-state index contributed by atoms with van der Waals surface area (Å²) < 4.78 is 11.3. The van der Waals surface area contributed by atoms with E-state index in [0.29, 0.717) is 13.2 Å². The van der Waals surface area contributed by atoms with Crippen LogP contribution in [0.3, 0.4) is 0 Å². The molecule has 1 fully saturated rings. The molecule has 0 radical (unpaired) electrons. The van der Waals surface area contributed by atoms with Crippen LogP contribution in [0.15, 0.2) is 36.4 Å². The van der Waals surface area contributed by atoms with Gasteiger partial charge in [0.1, 0.15) is 13.2 Å². The molecule has 31 heavy (non-hydrogen) atoms. The monoisotopic (exact) mass is 419 g/mol. The molecule has 1 saturated heterocycles. The van der Waals surface area contributed by atoms with E-state index in [1.807, 2.05) is 29.2 Å². The van der Waals surface area contributed by atoms with Crippen molar-refractivity contribution in [2.45, 2.75) is 57.4 Å². The molecule has 5 heteroatoms. The minimum absolute atomic E-state index is 0.0437. The summed E-state index contributed by atoms with van der Waals surface area (Å²) in [7, 11) is 0. The van der Waals surface area contributed by atoms with E-state index in [9.17, 15) is 9.59 Å². The van der Waals surface area contributed by atoms with Crippen LogP contribution in [-0.4, -0.2) is 36.3 Å². The van der Waals surface area contributed by atoms with Crippen molar-refractivity contribution < 1.29 is 19.1 Å². The standard InChI is InChI=1S/C26H29NO4/c28-23(21-8-7-18-4-1-2-5-19(18)16-21)10-12-26(29)27-13-3-6-22(27)20-9-11-24-25(17-20)31-15-14-30-24/h7-9,11,16-17,22H,1-6,10,12-15H2. The Balaban J connectivity index is 1.23. The third kappa shape index (κ3) is 4.18. The van der Waals surface area contributed by atoms with Crippen molar-refractivity contribution in [1.29, 1.82) is 0 Å². The number of hydrogen-bond acceptors (Lipinski definition) is 4. The van der Waals surface area contributed by atoms with Crippen LogP contribution in [0.1, 0.15) is 71.6 Å². The number of aryl methyl sites for hydroxylation is 2. The first kappa shape index (κ1) is 20.1. The van der Waals surface area contributed by atoms with Crippen molar-refractivity contribution in [3.8, 4) is 11.5 Å². The molecule has 2 aromatic rings. The quantitative estimate of drug-likeness (QED) is 0.662. The fourth-order valence-electron chi connectivity index (χ4n) is 5.09. The number of fused-ring (bicyclic) bond motifs is 2. The van der Waals surface area contributed by atoms with Gasteiger partial charge in [0.15, 0.2) is 17.3 Å². The van der Waals surface area contributed by atoms with Crippen LogP contribution in [0.2, 0.25) is 0 Å². The molecule has 2 aliphatic heterocycles. The Bertz CT molecular complexity index is 999. The Morgan fingerprint density at radius 3 is 2.55 bits per heavy atom. The van der Waals surface area contributed by atoms with Crippen molar-refractivity contribution >= 4 is 11.7 Å². The van der Waals surface area contributed by atoms with Crippen LogP contribution < -0.4 is 9.47 Å². The highest BCUT2D eigenvalue weighted by molar-refractivity contribution is 5.98. The lowest BCUT2D eigenvalue weighted by molar-refractivity contribution is -0.132. The summed E-state index contributed by atoms with van der Waals surface area (Å²) in [6.07, 6.45) is 7.03. The van der Waals surface area contributed by atoms with E-state index in [4.69, 9.17) is 9.47 Å². The minimum Gasteiger partial charge on any atom is -0.486 e. The third-order valence-corrected chi connectivity index (χ3v) is 6.76. The van der Waals surface area contributed by atoms with Gasteiger partial charge in [0.2, 0.25) is 5.91 Å². The lowest BCUT2D eigenvalue weighted by atomic mass is 9.89. The van der Waals surface area contributed by atoms with Gasteiger partial charge in [-0.15, -0.1) is 0 Å². The first-order valence-electron chi connectivity index (χ1n) is 11.5. The van der Waals surface area contributed by atoms with E-state index in [-0.39, 0.29) is 30.6 Å². The van der Waals surface area contributed by atoms with Crippen LogP contribution in [0.5, 0.6) is 11.5 Å². The Labute approximate surface area is 183 Å². The average Bonchev–Trinajstić information content (AvgIpc) is 3.32. The molecule has 0 saturated carbocycles. The third-order valence-electron chi connectivity index (χ3n) is 6.76. The molecule has 1 amide bonds. The zero-order valence-corrected chi connectivity index (χ0v) is 17.9. The predicted molar refractivity (Wildman–Crippen MR) is 118 cm³/mol. The average molecular weight is 420 g/mol. The number of carbonyl (C=O) groups excluding carboxylic acids is 2. The molecular formula is C26H29NO4. The summed E-state index contributed by atoms with van der Waals surface area (Å²) in [6.45, 7) is 1.86. The maximum absolute atomic E-state index is 13.0. The number of benzene rings is 2. The number of ether oxygens (including phenoxy) is 2. The highest BCUT2D eigenvalue weighted by atomic mass is 16.6. The first-order valence-corrected chi connectivity index (χ1v) is 11.5. The van der Waals surface area contributed by atoms with Crippen molar-refractivity contribution in [3.63, 3.8) is 0 Å². The number of nitrogens with zero attached hydrogens (tertiary/aromatic N) is 1. The van der Waals surface area contributed by atoms with E-state index in [1.165, 1.54) is 24.0 Å². The molecule has 3 aliphatic rings. The number of hydrogen-bond donors (Lipinski definition) is 0. The Hall–Kier alpha value is -2.82. The molecular weight excluding hydrogens is 390 g/mol. The second-order valence-electron chi connectivity index (χ2n) is 8.76. The van der Waals surface area contributed by atoms with Gasteiger partial charge in [-0.3, -0.25) is 9.59 Å². The summed E-state index contributed by atoms with van der Waals surface area (Å²) in [6, 6.07) is 12.1. The molecule has 2 aromatic carbocycles. The first-order chi connectivity index (χ1) is 15.2. The van der Waals surface area contributed by atoms with Gasteiger partial charge in [-0.25, -0.2) is 0 Å². The molecule has 0 aromatic heterocycles. The van der Waals surface area contributed by atoms with Gasteiger partial charge in [0.05, 0.1) is 6.04 Å². The molecule has 1 aliphatic carbocycles.